The summed E-state index contributed by atoms with van der Waals surface area (Å²) < 4.78 is 26.7. The van der Waals surface area contributed by atoms with E-state index in [4.69, 9.17) is 34.0 Å². The predicted octanol–water partition coefficient (Wildman–Crippen LogP) is 4.30. The molecule has 4 N–H and O–H groups in total. The van der Waals surface area contributed by atoms with Gasteiger partial charge in [-0.25, -0.2) is 13.6 Å². The van der Waals surface area contributed by atoms with Crippen molar-refractivity contribution in [1.29, 1.82) is 0 Å². The average molecular weight is 333 g/mol. The van der Waals surface area contributed by atoms with Crippen molar-refractivity contribution in [3.05, 3.63) is 51.5 Å². The van der Waals surface area contributed by atoms with Crippen molar-refractivity contribution in [2.45, 2.75) is 0 Å². The van der Waals surface area contributed by atoms with E-state index in [1.54, 1.807) is 0 Å². The van der Waals surface area contributed by atoms with Crippen molar-refractivity contribution in [3.8, 4) is 0 Å². The monoisotopic (exact) mass is 332 g/mol. The van der Waals surface area contributed by atoms with Crippen LogP contribution in [0.2, 0.25) is 10.0 Å². The van der Waals surface area contributed by atoms with Crippen LogP contribution in [0.15, 0.2) is 24.3 Å². The molecule has 0 spiro atoms. The molecule has 0 radical (unpaired) electrons. The molecule has 0 amide bonds. The molecule has 0 aliphatic heterocycles. The third-order valence-corrected chi connectivity index (χ3v) is 3.22. The first-order valence-electron chi connectivity index (χ1n) is 5.54. The molecule has 4 nitrogen and oxygen atoms in total. The first kappa shape index (κ1) is 15.3. The van der Waals surface area contributed by atoms with Crippen LogP contribution in [0.5, 0.6) is 0 Å². The summed E-state index contributed by atoms with van der Waals surface area (Å²) in [4.78, 5) is 11.2. The van der Waals surface area contributed by atoms with E-state index in [0.717, 1.165) is 6.07 Å². The lowest BCUT2D eigenvalue weighted by atomic mass is 10.1. The van der Waals surface area contributed by atoms with Gasteiger partial charge in [-0.1, -0.05) is 23.2 Å². The highest BCUT2D eigenvalue weighted by Gasteiger charge is 2.18. The van der Waals surface area contributed by atoms with E-state index in [2.05, 4.69) is 5.32 Å². The molecule has 0 aromatic heterocycles. The minimum absolute atomic E-state index is 0.0279. The molecule has 0 unspecified atom stereocenters. The van der Waals surface area contributed by atoms with Crippen LogP contribution in [0.25, 0.3) is 0 Å². The Balaban J connectivity index is 2.50. The van der Waals surface area contributed by atoms with Gasteiger partial charge in [0.2, 0.25) is 0 Å². The molecule has 0 fully saturated rings. The van der Waals surface area contributed by atoms with Gasteiger partial charge in [-0.3, -0.25) is 0 Å². The first-order valence-corrected chi connectivity index (χ1v) is 6.29. The van der Waals surface area contributed by atoms with Crippen LogP contribution >= 0.6 is 23.2 Å². The molecule has 0 bridgehead atoms. The van der Waals surface area contributed by atoms with Gasteiger partial charge in [0, 0.05) is 5.69 Å². The average Bonchev–Trinajstić information content (AvgIpc) is 2.40. The smallest absolute Gasteiger partial charge is 0.340 e. The maximum atomic E-state index is 13.3. The summed E-state index contributed by atoms with van der Waals surface area (Å²) in [6.07, 6.45) is 0. The van der Waals surface area contributed by atoms with Gasteiger partial charge >= 0.3 is 5.97 Å². The number of carbonyl (C=O) groups is 1. The van der Waals surface area contributed by atoms with E-state index < -0.39 is 28.9 Å². The van der Waals surface area contributed by atoms with Crippen LogP contribution in [0.3, 0.4) is 0 Å². The third kappa shape index (κ3) is 3.01. The van der Waals surface area contributed by atoms with E-state index in [-0.39, 0.29) is 21.4 Å². The molecule has 0 saturated heterocycles. The fourth-order valence-electron chi connectivity index (χ4n) is 1.71. The Morgan fingerprint density at radius 1 is 1.19 bits per heavy atom. The van der Waals surface area contributed by atoms with E-state index in [0.29, 0.717) is 0 Å². The van der Waals surface area contributed by atoms with Gasteiger partial charge in [-0.15, -0.1) is 0 Å². The number of hydrogen-bond acceptors (Lipinski definition) is 3. The summed E-state index contributed by atoms with van der Waals surface area (Å²) in [5.41, 5.74) is 4.73. The summed E-state index contributed by atoms with van der Waals surface area (Å²) in [6.45, 7) is 0. The molecule has 2 aromatic rings. The highest BCUT2D eigenvalue weighted by atomic mass is 35.5. The van der Waals surface area contributed by atoms with Crippen molar-refractivity contribution in [1.82, 2.24) is 0 Å². The number of carboxylic acid groups (broad SMARTS) is 1. The van der Waals surface area contributed by atoms with Crippen molar-refractivity contribution < 1.29 is 18.7 Å². The van der Waals surface area contributed by atoms with Crippen molar-refractivity contribution in [3.63, 3.8) is 0 Å². The fraction of sp³-hybridized carbons (Fsp3) is 0. The second-order valence-electron chi connectivity index (χ2n) is 4.07. The third-order valence-electron chi connectivity index (χ3n) is 2.67. The fourth-order valence-corrected chi connectivity index (χ4v) is 2.20. The molecule has 110 valence electrons. The van der Waals surface area contributed by atoms with Crippen LogP contribution in [0.1, 0.15) is 10.4 Å². The molecule has 0 heterocycles. The van der Waals surface area contributed by atoms with Gasteiger partial charge in [0.05, 0.1) is 21.4 Å². The summed E-state index contributed by atoms with van der Waals surface area (Å²) in [7, 11) is 0. The Hall–Kier alpha value is -2.05. The number of nitrogens with two attached hydrogens (primary N) is 1. The largest absolute Gasteiger partial charge is 0.478 e. The first-order chi connectivity index (χ1) is 9.81. The van der Waals surface area contributed by atoms with E-state index in [1.165, 1.54) is 18.2 Å². The number of nitrogens with one attached hydrogen (secondary N) is 1. The molecule has 2 rings (SSSR count). The van der Waals surface area contributed by atoms with E-state index in [9.17, 15) is 13.6 Å². The maximum absolute atomic E-state index is 13.3. The normalized spacial score (nSPS) is 10.5. The standard InChI is InChI=1S/C13H8Cl2F2N2O2/c14-6-3-5(4-7(15)11(6)17)19-9-2-1-8(16)12(18)10(9)13(20)21/h1-4,19H,18H2,(H,20,21). The Labute approximate surface area is 128 Å². The minimum atomic E-state index is -1.41. The topological polar surface area (TPSA) is 75.3 Å². The second kappa shape index (κ2) is 5.75. The zero-order chi connectivity index (χ0) is 15.7. The molecular weight excluding hydrogens is 325 g/mol. The summed E-state index contributed by atoms with van der Waals surface area (Å²) >= 11 is 11.3. The lowest BCUT2D eigenvalue weighted by Crippen LogP contribution is -2.08. The highest BCUT2D eigenvalue weighted by molar-refractivity contribution is 6.35. The number of hydrogen-bond donors (Lipinski definition) is 3. The SMILES string of the molecule is Nc1c(F)ccc(Nc2cc(Cl)c(F)c(Cl)c2)c1C(=O)O. The van der Waals surface area contributed by atoms with Gasteiger partial charge in [0.1, 0.15) is 11.4 Å². The van der Waals surface area contributed by atoms with E-state index >= 15 is 0 Å². The molecule has 8 heteroatoms. The maximum Gasteiger partial charge on any atom is 0.340 e. The van der Waals surface area contributed by atoms with Crippen LogP contribution in [-0.4, -0.2) is 11.1 Å². The molecule has 0 atom stereocenters. The van der Waals surface area contributed by atoms with Gasteiger partial charge in [0.15, 0.2) is 5.82 Å². The Morgan fingerprint density at radius 3 is 2.29 bits per heavy atom. The number of anilines is 3. The Morgan fingerprint density at radius 2 is 1.76 bits per heavy atom. The number of rotatable bonds is 3. The molecular formula is C13H8Cl2F2N2O2. The quantitative estimate of drug-likeness (QED) is 0.578. The Kier molecular flexibility index (Phi) is 4.20. The van der Waals surface area contributed by atoms with Gasteiger partial charge in [-0.2, -0.15) is 0 Å². The minimum Gasteiger partial charge on any atom is -0.478 e. The van der Waals surface area contributed by atoms with Crippen molar-refractivity contribution >= 4 is 46.2 Å². The molecule has 0 saturated carbocycles. The Bertz CT molecular complexity index is 715. The molecule has 21 heavy (non-hydrogen) atoms. The van der Waals surface area contributed by atoms with Gasteiger partial charge < -0.3 is 16.2 Å². The van der Waals surface area contributed by atoms with Gasteiger partial charge in [0.25, 0.3) is 0 Å². The van der Waals surface area contributed by atoms with Crippen LogP contribution in [0.4, 0.5) is 25.8 Å². The zero-order valence-corrected chi connectivity index (χ0v) is 11.8. The number of halogens is 4. The number of benzene rings is 2. The highest BCUT2D eigenvalue weighted by Crippen LogP contribution is 2.32. The molecule has 0 aliphatic carbocycles. The van der Waals surface area contributed by atoms with Gasteiger partial charge in [-0.05, 0) is 24.3 Å². The predicted molar refractivity (Wildman–Crippen MR) is 77.5 cm³/mol. The van der Waals surface area contributed by atoms with E-state index in [1.807, 2.05) is 0 Å². The summed E-state index contributed by atoms with van der Waals surface area (Å²) in [5.74, 6) is -3.05. The molecule has 2 aromatic carbocycles. The lowest BCUT2D eigenvalue weighted by Gasteiger charge is -2.13. The van der Waals surface area contributed by atoms with Crippen LogP contribution in [0, 0.1) is 11.6 Å². The van der Waals surface area contributed by atoms with Crippen molar-refractivity contribution in [2.24, 2.45) is 0 Å². The zero-order valence-electron chi connectivity index (χ0n) is 10.3. The number of carboxylic acids is 1. The second-order valence-corrected chi connectivity index (χ2v) is 4.88. The van der Waals surface area contributed by atoms with Crippen LogP contribution < -0.4 is 11.1 Å². The summed E-state index contributed by atoms with van der Waals surface area (Å²) in [6, 6.07) is 4.64. The molecule has 0 aliphatic rings. The number of nitrogen functional groups attached to an aromatic ring is 1. The van der Waals surface area contributed by atoms with Crippen molar-refractivity contribution in [2.75, 3.05) is 11.1 Å². The number of aromatic carboxylic acids is 1. The van der Waals surface area contributed by atoms with Crippen LogP contribution in [-0.2, 0) is 0 Å². The lowest BCUT2D eigenvalue weighted by molar-refractivity contribution is 0.0698. The summed E-state index contributed by atoms with van der Waals surface area (Å²) in [5, 5.41) is 11.3.